The molecule has 1 aliphatic heterocycles. The van der Waals surface area contributed by atoms with E-state index in [-0.39, 0.29) is 42.6 Å². The molecule has 164 valence electrons. The van der Waals surface area contributed by atoms with Gasteiger partial charge in [0.25, 0.3) is 5.91 Å². The van der Waals surface area contributed by atoms with E-state index in [4.69, 9.17) is 4.74 Å². The SMILES string of the molecule is CCOC(=O)C1CCN(C(=O)CN(C)C(=O)CCCNC(=O)c2ccccc2)CC1. The average Bonchev–Trinajstić information content (AvgIpc) is 2.77. The van der Waals surface area contributed by atoms with E-state index in [1.54, 1.807) is 43.1 Å². The van der Waals surface area contributed by atoms with E-state index in [1.807, 2.05) is 6.07 Å². The third-order valence-electron chi connectivity index (χ3n) is 5.15. The van der Waals surface area contributed by atoms with E-state index in [2.05, 4.69) is 5.32 Å². The third-order valence-corrected chi connectivity index (χ3v) is 5.15. The quantitative estimate of drug-likeness (QED) is 0.485. The third kappa shape index (κ3) is 7.17. The van der Waals surface area contributed by atoms with E-state index in [9.17, 15) is 19.2 Å². The molecule has 1 aromatic carbocycles. The summed E-state index contributed by atoms with van der Waals surface area (Å²) < 4.78 is 5.04. The summed E-state index contributed by atoms with van der Waals surface area (Å²) in [4.78, 5) is 51.6. The summed E-state index contributed by atoms with van der Waals surface area (Å²) in [5.41, 5.74) is 0.582. The predicted octanol–water partition coefficient (Wildman–Crippen LogP) is 1.46. The lowest BCUT2D eigenvalue weighted by Gasteiger charge is -2.32. The van der Waals surface area contributed by atoms with Gasteiger partial charge in [-0.25, -0.2) is 0 Å². The van der Waals surface area contributed by atoms with Crippen LogP contribution >= 0.6 is 0 Å². The van der Waals surface area contributed by atoms with Crippen molar-refractivity contribution in [2.75, 3.05) is 39.8 Å². The highest BCUT2D eigenvalue weighted by molar-refractivity contribution is 5.94. The number of nitrogens with zero attached hydrogens (tertiary/aromatic N) is 2. The molecule has 0 bridgehead atoms. The van der Waals surface area contributed by atoms with Gasteiger partial charge in [-0.15, -0.1) is 0 Å². The number of likely N-dealkylation sites (tertiary alicyclic amines) is 1. The smallest absolute Gasteiger partial charge is 0.309 e. The second-order valence-electron chi connectivity index (χ2n) is 7.38. The highest BCUT2D eigenvalue weighted by Gasteiger charge is 2.28. The number of hydrogen-bond donors (Lipinski definition) is 1. The Morgan fingerprint density at radius 1 is 1.13 bits per heavy atom. The lowest BCUT2D eigenvalue weighted by Crippen LogP contribution is -2.45. The van der Waals surface area contributed by atoms with Crippen molar-refractivity contribution in [1.82, 2.24) is 15.1 Å². The molecule has 0 unspecified atom stereocenters. The van der Waals surface area contributed by atoms with Crippen molar-refractivity contribution < 1.29 is 23.9 Å². The summed E-state index contributed by atoms with van der Waals surface area (Å²) in [7, 11) is 1.61. The lowest BCUT2D eigenvalue weighted by molar-refractivity contribution is -0.151. The van der Waals surface area contributed by atoms with Crippen LogP contribution in [0.25, 0.3) is 0 Å². The van der Waals surface area contributed by atoms with E-state index in [1.165, 1.54) is 4.90 Å². The average molecular weight is 418 g/mol. The molecule has 1 fully saturated rings. The number of carbonyl (C=O) groups is 4. The number of piperidine rings is 1. The van der Waals surface area contributed by atoms with Crippen molar-refractivity contribution in [1.29, 1.82) is 0 Å². The molecule has 3 amide bonds. The Morgan fingerprint density at radius 2 is 1.80 bits per heavy atom. The molecule has 2 rings (SSSR count). The summed E-state index contributed by atoms with van der Waals surface area (Å²) in [5.74, 6) is -0.780. The Morgan fingerprint density at radius 3 is 2.43 bits per heavy atom. The number of benzene rings is 1. The van der Waals surface area contributed by atoms with Crippen LogP contribution in [0, 0.1) is 5.92 Å². The highest BCUT2D eigenvalue weighted by atomic mass is 16.5. The van der Waals surface area contributed by atoms with Gasteiger partial charge < -0.3 is 19.9 Å². The Hall–Kier alpha value is -2.90. The topological polar surface area (TPSA) is 96.0 Å². The molecule has 0 spiro atoms. The summed E-state index contributed by atoms with van der Waals surface area (Å²) in [6.45, 7) is 3.54. The zero-order chi connectivity index (χ0) is 21.9. The number of ether oxygens (including phenoxy) is 1. The number of nitrogens with one attached hydrogen (secondary N) is 1. The number of amides is 3. The first-order valence-corrected chi connectivity index (χ1v) is 10.4. The van der Waals surface area contributed by atoms with Crippen LogP contribution < -0.4 is 5.32 Å². The van der Waals surface area contributed by atoms with Crippen LogP contribution in [0.1, 0.15) is 43.0 Å². The van der Waals surface area contributed by atoms with E-state index >= 15 is 0 Å². The minimum absolute atomic E-state index is 0.0132. The predicted molar refractivity (Wildman–Crippen MR) is 112 cm³/mol. The fourth-order valence-corrected chi connectivity index (χ4v) is 3.34. The summed E-state index contributed by atoms with van der Waals surface area (Å²) >= 11 is 0. The van der Waals surface area contributed by atoms with Gasteiger partial charge in [0.1, 0.15) is 0 Å². The Labute approximate surface area is 177 Å². The molecular weight excluding hydrogens is 386 g/mol. The molecule has 1 aliphatic rings. The highest BCUT2D eigenvalue weighted by Crippen LogP contribution is 2.19. The summed E-state index contributed by atoms with van der Waals surface area (Å²) in [6, 6.07) is 8.90. The van der Waals surface area contributed by atoms with Gasteiger partial charge in [0.05, 0.1) is 19.1 Å². The van der Waals surface area contributed by atoms with Gasteiger partial charge in [0.2, 0.25) is 11.8 Å². The second-order valence-corrected chi connectivity index (χ2v) is 7.38. The number of esters is 1. The van der Waals surface area contributed by atoms with E-state index in [0.29, 0.717) is 51.1 Å². The van der Waals surface area contributed by atoms with Crippen LogP contribution in [0.15, 0.2) is 30.3 Å². The molecule has 1 saturated heterocycles. The number of rotatable bonds is 9. The molecule has 8 nitrogen and oxygen atoms in total. The minimum Gasteiger partial charge on any atom is -0.466 e. The largest absolute Gasteiger partial charge is 0.466 e. The summed E-state index contributed by atoms with van der Waals surface area (Å²) in [5, 5.41) is 2.79. The van der Waals surface area contributed by atoms with Crippen LogP contribution in [0.4, 0.5) is 0 Å². The van der Waals surface area contributed by atoms with Crippen molar-refractivity contribution in [2.45, 2.75) is 32.6 Å². The van der Waals surface area contributed by atoms with Gasteiger partial charge in [0, 0.05) is 38.7 Å². The zero-order valence-corrected chi connectivity index (χ0v) is 17.8. The van der Waals surface area contributed by atoms with E-state index < -0.39 is 0 Å². The first-order chi connectivity index (χ1) is 14.4. The van der Waals surface area contributed by atoms with Crippen LogP contribution in [-0.4, -0.2) is 73.3 Å². The molecule has 0 radical (unpaired) electrons. The zero-order valence-electron chi connectivity index (χ0n) is 17.8. The number of likely N-dealkylation sites (N-methyl/N-ethyl adjacent to an activating group) is 1. The Balaban J connectivity index is 1.64. The minimum atomic E-state index is -0.198. The van der Waals surface area contributed by atoms with Crippen molar-refractivity contribution in [2.24, 2.45) is 5.92 Å². The number of hydrogen-bond acceptors (Lipinski definition) is 5. The lowest BCUT2D eigenvalue weighted by atomic mass is 9.97. The van der Waals surface area contributed by atoms with Crippen molar-refractivity contribution in [3.63, 3.8) is 0 Å². The Bertz CT molecular complexity index is 730. The maximum atomic E-state index is 12.5. The maximum Gasteiger partial charge on any atom is 0.309 e. The maximum absolute atomic E-state index is 12.5. The fraction of sp³-hybridized carbons (Fsp3) is 0.545. The van der Waals surface area contributed by atoms with Crippen molar-refractivity contribution in [3.05, 3.63) is 35.9 Å². The van der Waals surface area contributed by atoms with Crippen molar-refractivity contribution in [3.8, 4) is 0 Å². The van der Waals surface area contributed by atoms with E-state index in [0.717, 1.165) is 0 Å². The normalized spacial score (nSPS) is 14.1. The van der Waals surface area contributed by atoms with Gasteiger partial charge in [-0.2, -0.15) is 0 Å². The first kappa shape index (κ1) is 23.4. The fourth-order valence-electron chi connectivity index (χ4n) is 3.34. The molecule has 0 aliphatic carbocycles. The molecule has 1 heterocycles. The molecule has 1 N–H and O–H groups in total. The molecule has 30 heavy (non-hydrogen) atoms. The molecule has 1 aromatic rings. The van der Waals surface area contributed by atoms with Crippen LogP contribution in [0.5, 0.6) is 0 Å². The standard InChI is InChI=1S/C22H31N3O5/c1-3-30-22(29)18-11-14-25(15-12-18)20(27)16-24(2)19(26)10-7-13-23-21(28)17-8-5-4-6-9-17/h4-6,8-9,18H,3,7,10-16H2,1-2H3,(H,23,28). The van der Waals surface area contributed by atoms with Crippen LogP contribution in [0.3, 0.4) is 0 Å². The molecule has 0 aromatic heterocycles. The monoisotopic (exact) mass is 417 g/mol. The first-order valence-electron chi connectivity index (χ1n) is 10.4. The van der Waals surface area contributed by atoms with Gasteiger partial charge in [-0.3, -0.25) is 19.2 Å². The van der Waals surface area contributed by atoms with Crippen molar-refractivity contribution >= 4 is 23.7 Å². The molecule has 0 saturated carbocycles. The van der Waals surface area contributed by atoms with Gasteiger partial charge >= 0.3 is 5.97 Å². The van der Waals surface area contributed by atoms with Gasteiger partial charge in [-0.1, -0.05) is 18.2 Å². The van der Waals surface area contributed by atoms with Crippen LogP contribution in [-0.2, 0) is 19.1 Å². The van der Waals surface area contributed by atoms with Gasteiger partial charge in [0.15, 0.2) is 0 Å². The van der Waals surface area contributed by atoms with Gasteiger partial charge in [-0.05, 0) is 38.3 Å². The van der Waals surface area contributed by atoms with Crippen LogP contribution in [0.2, 0.25) is 0 Å². The molecule has 8 heteroatoms. The number of carbonyl (C=O) groups excluding carboxylic acids is 4. The molecular formula is C22H31N3O5. The Kier molecular flexibility index (Phi) is 9.31. The summed E-state index contributed by atoms with van der Waals surface area (Å²) in [6.07, 6.45) is 1.93. The molecule has 0 atom stereocenters. The second kappa shape index (κ2) is 11.9.